The summed E-state index contributed by atoms with van der Waals surface area (Å²) in [6.45, 7) is 10.5. The van der Waals surface area contributed by atoms with Crippen molar-refractivity contribution in [2.45, 2.75) is 26.2 Å². The molecule has 134 valence electrons. The van der Waals surface area contributed by atoms with Crippen LogP contribution in [0.15, 0.2) is 85.5 Å². The lowest BCUT2D eigenvalue weighted by molar-refractivity contribution is 0.660. The van der Waals surface area contributed by atoms with E-state index in [0.29, 0.717) is 0 Å². The molecule has 0 spiro atoms. The molecular weight excluding hydrogens is 326 g/mol. The van der Waals surface area contributed by atoms with E-state index in [0.717, 1.165) is 16.9 Å². The maximum Gasteiger partial charge on any atom is 0.0387 e. The molecule has 0 amide bonds. The van der Waals surface area contributed by atoms with E-state index in [1.54, 1.807) is 0 Å². The van der Waals surface area contributed by atoms with Crippen molar-refractivity contribution in [3.63, 3.8) is 0 Å². The van der Waals surface area contributed by atoms with E-state index in [1.807, 2.05) is 13.0 Å². The smallest absolute Gasteiger partial charge is 0.0387 e. The predicted octanol–water partition coefficient (Wildman–Crippen LogP) is 7.33. The van der Waals surface area contributed by atoms with Crippen LogP contribution in [0.25, 0.3) is 16.7 Å². The third-order valence-corrected chi connectivity index (χ3v) is 5.62. The van der Waals surface area contributed by atoms with Crippen LogP contribution in [0.3, 0.4) is 0 Å². The number of nitrogens with one attached hydrogen (secondary N) is 1. The highest BCUT2D eigenvalue weighted by Gasteiger charge is 2.35. The summed E-state index contributed by atoms with van der Waals surface area (Å²) in [5.41, 5.74) is 10.1. The minimum absolute atomic E-state index is 0.0260. The molecule has 0 fully saturated rings. The molecule has 0 bridgehead atoms. The molecule has 1 heteroatoms. The first-order chi connectivity index (χ1) is 13.0. The molecule has 27 heavy (non-hydrogen) atoms. The minimum atomic E-state index is 0.0260. The monoisotopic (exact) mass is 351 g/mol. The molecule has 0 saturated carbocycles. The topological polar surface area (TPSA) is 12.0 Å². The predicted molar refractivity (Wildman–Crippen MR) is 118 cm³/mol. The Bertz CT molecular complexity index is 1040. The molecular formula is C26H25N. The fourth-order valence-electron chi connectivity index (χ4n) is 4.10. The number of anilines is 2. The lowest BCUT2D eigenvalue weighted by Gasteiger charge is -2.22. The summed E-state index contributed by atoms with van der Waals surface area (Å²) in [5.74, 6) is 0. The van der Waals surface area contributed by atoms with Gasteiger partial charge in [-0.1, -0.05) is 75.0 Å². The zero-order valence-corrected chi connectivity index (χ0v) is 16.2. The van der Waals surface area contributed by atoms with Crippen LogP contribution >= 0.6 is 0 Å². The fraction of sp³-hybridized carbons (Fsp3) is 0.154. The molecule has 1 N–H and O–H groups in total. The summed E-state index contributed by atoms with van der Waals surface area (Å²) < 4.78 is 0. The summed E-state index contributed by atoms with van der Waals surface area (Å²) in [7, 11) is 0. The van der Waals surface area contributed by atoms with Gasteiger partial charge in [0.1, 0.15) is 0 Å². The highest BCUT2D eigenvalue weighted by atomic mass is 14.9. The number of hydrogen-bond donors (Lipinski definition) is 1. The largest absolute Gasteiger partial charge is 0.356 e. The lowest BCUT2D eigenvalue weighted by Crippen LogP contribution is -2.15. The second kappa shape index (κ2) is 6.59. The van der Waals surface area contributed by atoms with Crippen LogP contribution < -0.4 is 5.32 Å². The normalized spacial score (nSPS) is 14.4. The van der Waals surface area contributed by atoms with Crippen LogP contribution in [0.2, 0.25) is 0 Å². The van der Waals surface area contributed by atoms with Crippen molar-refractivity contribution in [2.24, 2.45) is 0 Å². The number of hydrogen-bond acceptors (Lipinski definition) is 1. The molecule has 1 nitrogen and oxygen atoms in total. The molecule has 3 aromatic rings. The second-order valence-corrected chi connectivity index (χ2v) is 7.58. The van der Waals surface area contributed by atoms with Crippen molar-refractivity contribution in [3.05, 3.63) is 102 Å². The Hall–Kier alpha value is -3.06. The van der Waals surface area contributed by atoms with Crippen molar-refractivity contribution in [3.8, 4) is 11.1 Å². The van der Waals surface area contributed by atoms with Gasteiger partial charge in [-0.25, -0.2) is 0 Å². The summed E-state index contributed by atoms with van der Waals surface area (Å²) in [5, 5.41) is 3.56. The fourth-order valence-corrected chi connectivity index (χ4v) is 4.10. The Kier molecular flexibility index (Phi) is 4.24. The Balaban J connectivity index is 1.64. The SMILES string of the molecule is C=C/C(=C\C)c1ccc(Nc2ccc3c(c2)C(C)(C)c2ccccc2-3)cc1. The van der Waals surface area contributed by atoms with Crippen LogP contribution in [-0.2, 0) is 5.41 Å². The first kappa shape index (κ1) is 17.4. The van der Waals surface area contributed by atoms with Gasteiger partial charge in [-0.3, -0.25) is 0 Å². The number of allylic oxidation sites excluding steroid dienone is 3. The van der Waals surface area contributed by atoms with Gasteiger partial charge in [0.25, 0.3) is 0 Å². The van der Waals surface area contributed by atoms with Crippen LogP contribution in [0, 0.1) is 0 Å². The molecule has 0 heterocycles. The van der Waals surface area contributed by atoms with Gasteiger partial charge in [0.15, 0.2) is 0 Å². The Morgan fingerprint density at radius 2 is 1.52 bits per heavy atom. The second-order valence-electron chi connectivity index (χ2n) is 7.58. The lowest BCUT2D eigenvalue weighted by atomic mass is 9.82. The summed E-state index contributed by atoms with van der Waals surface area (Å²) in [4.78, 5) is 0. The summed E-state index contributed by atoms with van der Waals surface area (Å²) in [6.07, 6.45) is 3.97. The van der Waals surface area contributed by atoms with Gasteiger partial charge in [0.2, 0.25) is 0 Å². The van der Waals surface area contributed by atoms with Gasteiger partial charge in [-0.2, -0.15) is 0 Å². The maximum absolute atomic E-state index is 3.88. The van der Waals surface area contributed by atoms with Crippen molar-refractivity contribution in [2.75, 3.05) is 5.32 Å². The van der Waals surface area contributed by atoms with E-state index in [1.165, 1.54) is 27.8 Å². The molecule has 4 rings (SSSR count). The van der Waals surface area contributed by atoms with Crippen molar-refractivity contribution in [1.29, 1.82) is 0 Å². The summed E-state index contributed by atoms with van der Waals surface area (Å²) >= 11 is 0. The third kappa shape index (κ3) is 2.90. The minimum Gasteiger partial charge on any atom is -0.356 e. The molecule has 0 radical (unpaired) electrons. The van der Waals surface area contributed by atoms with Gasteiger partial charge in [0.05, 0.1) is 0 Å². The van der Waals surface area contributed by atoms with E-state index in [2.05, 4.69) is 98.5 Å². The molecule has 1 aliphatic carbocycles. The number of rotatable bonds is 4. The van der Waals surface area contributed by atoms with E-state index < -0.39 is 0 Å². The third-order valence-electron chi connectivity index (χ3n) is 5.62. The quantitative estimate of drug-likeness (QED) is 0.485. The molecule has 0 atom stereocenters. The highest BCUT2D eigenvalue weighted by Crippen LogP contribution is 2.49. The maximum atomic E-state index is 3.88. The highest BCUT2D eigenvalue weighted by molar-refractivity contribution is 5.83. The van der Waals surface area contributed by atoms with Crippen molar-refractivity contribution >= 4 is 16.9 Å². The molecule has 3 aromatic carbocycles. The van der Waals surface area contributed by atoms with Gasteiger partial charge < -0.3 is 5.32 Å². The van der Waals surface area contributed by atoms with E-state index in [-0.39, 0.29) is 5.41 Å². The van der Waals surface area contributed by atoms with Gasteiger partial charge >= 0.3 is 0 Å². The molecule has 0 aromatic heterocycles. The Labute approximate surface area is 162 Å². The van der Waals surface area contributed by atoms with Crippen LogP contribution in [0.1, 0.15) is 37.5 Å². The van der Waals surface area contributed by atoms with Gasteiger partial charge in [-0.15, -0.1) is 0 Å². The van der Waals surface area contributed by atoms with Crippen LogP contribution in [0.5, 0.6) is 0 Å². The summed E-state index contributed by atoms with van der Waals surface area (Å²) in [6, 6.07) is 24.0. The standard InChI is InChI=1S/C26H25N/c1-5-18(6-2)19-11-13-20(14-12-19)27-21-15-16-23-22-9-7-8-10-24(22)26(3,4)25(23)17-21/h5-17,27H,1H2,2-4H3/b18-6+. The Morgan fingerprint density at radius 1 is 0.852 bits per heavy atom. The van der Waals surface area contributed by atoms with Gasteiger partial charge in [0, 0.05) is 16.8 Å². The average molecular weight is 351 g/mol. The van der Waals surface area contributed by atoms with Crippen LogP contribution in [0.4, 0.5) is 11.4 Å². The first-order valence-electron chi connectivity index (χ1n) is 9.45. The molecule has 0 unspecified atom stereocenters. The number of fused-ring (bicyclic) bond motifs is 3. The number of benzene rings is 3. The first-order valence-corrected chi connectivity index (χ1v) is 9.45. The molecule has 1 aliphatic rings. The van der Waals surface area contributed by atoms with Crippen molar-refractivity contribution in [1.82, 2.24) is 0 Å². The van der Waals surface area contributed by atoms with Gasteiger partial charge in [-0.05, 0) is 64.6 Å². The average Bonchev–Trinajstić information content (AvgIpc) is 2.92. The Morgan fingerprint density at radius 3 is 2.22 bits per heavy atom. The zero-order valence-electron chi connectivity index (χ0n) is 16.2. The molecule has 0 aliphatic heterocycles. The van der Waals surface area contributed by atoms with E-state index >= 15 is 0 Å². The van der Waals surface area contributed by atoms with E-state index in [4.69, 9.17) is 0 Å². The van der Waals surface area contributed by atoms with Crippen LogP contribution in [-0.4, -0.2) is 0 Å². The van der Waals surface area contributed by atoms with Crippen molar-refractivity contribution < 1.29 is 0 Å². The molecule has 0 saturated heterocycles. The zero-order chi connectivity index (χ0) is 19.0. The van der Waals surface area contributed by atoms with E-state index in [9.17, 15) is 0 Å².